The maximum atomic E-state index is 11.4. The molecule has 0 unspecified atom stereocenters. The lowest BCUT2D eigenvalue weighted by Gasteiger charge is -2.10. The van der Waals surface area contributed by atoms with Crippen molar-refractivity contribution < 1.29 is 9.53 Å². The fraction of sp³-hybridized carbons (Fsp3) is 0.667. The van der Waals surface area contributed by atoms with E-state index in [9.17, 15) is 4.79 Å². The van der Waals surface area contributed by atoms with Crippen molar-refractivity contribution >= 4 is 5.91 Å². The van der Waals surface area contributed by atoms with E-state index in [4.69, 9.17) is 4.74 Å². The quantitative estimate of drug-likeness (QED) is 0.665. The Bertz CT molecular complexity index is 241. The number of nitrogens with one attached hydrogen (secondary N) is 1. The number of hydrogen-bond donors (Lipinski definition) is 1. The lowest BCUT2D eigenvalue weighted by molar-refractivity contribution is -0.118. The number of amides is 1. The molecule has 1 amide bonds. The zero-order valence-corrected chi connectivity index (χ0v) is 7.22. The molecule has 2 rings (SSSR count). The zero-order valence-electron chi connectivity index (χ0n) is 7.22. The number of carbonyl (C=O) groups is 1. The van der Waals surface area contributed by atoms with Crippen molar-refractivity contribution in [2.75, 3.05) is 6.61 Å². The average Bonchev–Trinajstić information content (AvgIpc) is 2.55. The summed E-state index contributed by atoms with van der Waals surface area (Å²) in [6, 6.07) is 0. The van der Waals surface area contributed by atoms with Crippen LogP contribution in [-0.4, -0.2) is 18.1 Å². The summed E-state index contributed by atoms with van der Waals surface area (Å²) in [5, 5.41) is 2.98. The van der Waals surface area contributed by atoms with Gasteiger partial charge in [0.25, 0.3) is 5.91 Å². The van der Waals surface area contributed by atoms with Crippen molar-refractivity contribution in [3.8, 4) is 0 Å². The molecular formula is C9H13NO2. The Morgan fingerprint density at radius 2 is 2.42 bits per heavy atom. The van der Waals surface area contributed by atoms with Crippen molar-refractivity contribution in [1.82, 2.24) is 5.32 Å². The first-order valence-electron chi connectivity index (χ1n) is 4.33. The van der Waals surface area contributed by atoms with Crippen LogP contribution in [-0.2, 0) is 9.53 Å². The Balaban J connectivity index is 1.91. The highest BCUT2D eigenvalue weighted by molar-refractivity contribution is 5.94. The molecule has 1 N–H and O–H groups in total. The van der Waals surface area contributed by atoms with Gasteiger partial charge in [0, 0.05) is 12.0 Å². The molecule has 0 aromatic heterocycles. The molecule has 3 nitrogen and oxygen atoms in total. The molecule has 1 aliphatic heterocycles. The van der Waals surface area contributed by atoms with Gasteiger partial charge < -0.3 is 10.1 Å². The topological polar surface area (TPSA) is 38.3 Å². The van der Waals surface area contributed by atoms with Crippen LogP contribution in [0.3, 0.4) is 0 Å². The molecule has 1 aliphatic carbocycles. The summed E-state index contributed by atoms with van der Waals surface area (Å²) in [6.07, 6.45) is 4.53. The Morgan fingerprint density at radius 3 is 2.92 bits per heavy atom. The molecule has 0 radical (unpaired) electrons. The molecule has 3 heteroatoms. The summed E-state index contributed by atoms with van der Waals surface area (Å²) in [5.41, 5.74) is 0.865. The van der Waals surface area contributed by atoms with Crippen LogP contribution in [0.5, 0.6) is 0 Å². The van der Waals surface area contributed by atoms with Gasteiger partial charge >= 0.3 is 0 Å². The van der Waals surface area contributed by atoms with Crippen molar-refractivity contribution in [1.29, 1.82) is 0 Å². The summed E-state index contributed by atoms with van der Waals surface area (Å²) in [4.78, 5) is 11.4. The minimum atomic E-state index is 0.0486. The summed E-state index contributed by atoms with van der Waals surface area (Å²) >= 11 is 0. The third-order valence-corrected chi connectivity index (χ3v) is 2.42. The Kier molecular flexibility index (Phi) is 1.60. The molecule has 0 bridgehead atoms. The van der Waals surface area contributed by atoms with E-state index in [-0.39, 0.29) is 11.4 Å². The summed E-state index contributed by atoms with van der Waals surface area (Å²) < 4.78 is 4.99. The van der Waals surface area contributed by atoms with E-state index in [0.717, 1.165) is 24.8 Å². The molecule has 1 heterocycles. The van der Waals surface area contributed by atoms with Gasteiger partial charge in [-0.25, -0.2) is 0 Å². The van der Waals surface area contributed by atoms with Crippen LogP contribution in [0.15, 0.2) is 11.8 Å². The monoisotopic (exact) mass is 167 g/mol. The molecule has 12 heavy (non-hydrogen) atoms. The number of hydrogen-bond acceptors (Lipinski definition) is 2. The maximum absolute atomic E-state index is 11.4. The highest BCUT2D eigenvalue weighted by atomic mass is 16.5. The second-order valence-electron chi connectivity index (χ2n) is 3.78. The van der Waals surface area contributed by atoms with Crippen molar-refractivity contribution in [3.63, 3.8) is 0 Å². The van der Waals surface area contributed by atoms with Crippen LogP contribution in [0.2, 0.25) is 0 Å². The molecule has 1 saturated carbocycles. The first-order chi connectivity index (χ1) is 5.70. The standard InChI is InChI=1S/C9H13NO2/c1-9(3-4-9)10-8(11)7-2-5-12-6-7/h6H,2-5H2,1H3,(H,10,11). The second-order valence-corrected chi connectivity index (χ2v) is 3.78. The highest BCUT2D eigenvalue weighted by Gasteiger charge is 2.39. The molecule has 0 spiro atoms. The molecule has 0 aromatic rings. The lowest BCUT2D eigenvalue weighted by atomic mass is 10.2. The molecule has 66 valence electrons. The van der Waals surface area contributed by atoms with E-state index in [1.807, 2.05) is 0 Å². The highest BCUT2D eigenvalue weighted by Crippen LogP contribution is 2.34. The van der Waals surface area contributed by atoms with Gasteiger partial charge in [-0.3, -0.25) is 4.79 Å². The molecule has 0 saturated heterocycles. The average molecular weight is 167 g/mol. The first-order valence-corrected chi connectivity index (χ1v) is 4.33. The number of carbonyl (C=O) groups excluding carboxylic acids is 1. The summed E-state index contributed by atoms with van der Waals surface area (Å²) in [5.74, 6) is 0.0486. The smallest absolute Gasteiger partial charge is 0.250 e. The summed E-state index contributed by atoms with van der Waals surface area (Å²) in [6.45, 7) is 2.72. The largest absolute Gasteiger partial charge is 0.500 e. The van der Waals surface area contributed by atoms with Crippen LogP contribution < -0.4 is 5.32 Å². The van der Waals surface area contributed by atoms with Gasteiger partial charge in [0.2, 0.25) is 0 Å². The van der Waals surface area contributed by atoms with E-state index in [1.54, 1.807) is 6.26 Å². The van der Waals surface area contributed by atoms with Gasteiger partial charge in [-0.05, 0) is 19.8 Å². The van der Waals surface area contributed by atoms with Crippen LogP contribution in [0.25, 0.3) is 0 Å². The fourth-order valence-corrected chi connectivity index (χ4v) is 1.22. The fourth-order valence-electron chi connectivity index (χ4n) is 1.22. The number of rotatable bonds is 2. The van der Waals surface area contributed by atoms with Crippen molar-refractivity contribution in [3.05, 3.63) is 11.8 Å². The van der Waals surface area contributed by atoms with Gasteiger partial charge in [-0.15, -0.1) is 0 Å². The Labute approximate surface area is 71.8 Å². The summed E-state index contributed by atoms with van der Waals surface area (Å²) in [7, 11) is 0. The zero-order chi connectivity index (χ0) is 8.60. The third kappa shape index (κ3) is 1.44. The van der Waals surface area contributed by atoms with Crippen LogP contribution in [0, 0.1) is 0 Å². The van der Waals surface area contributed by atoms with Crippen LogP contribution >= 0.6 is 0 Å². The van der Waals surface area contributed by atoms with E-state index < -0.39 is 0 Å². The van der Waals surface area contributed by atoms with E-state index in [2.05, 4.69) is 12.2 Å². The normalized spacial score (nSPS) is 24.2. The molecule has 1 fully saturated rings. The van der Waals surface area contributed by atoms with Crippen molar-refractivity contribution in [2.24, 2.45) is 0 Å². The number of ether oxygens (including phenoxy) is 1. The lowest BCUT2D eigenvalue weighted by Crippen LogP contribution is -2.34. The van der Waals surface area contributed by atoms with Crippen molar-refractivity contribution in [2.45, 2.75) is 31.7 Å². The second kappa shape index (κ2) is 2.51. The minimum absolute atomic E-state index is 0.0486. The Morgan fingerprint density at radius 1 is 1.67 bits per heavy atom. The molecule has 0 aromatic carbocycles. The van der Waals surface area contributed by atoms with E-state index >= 15 is 0 Å². The third-order valence-electron chi connectivity index (χ3n) is 2.42. The van der Waals surface area contributed by atoms with Gasteiger partial charge in [0.15, 0.2) is 0 Å². The van der Waals surface area contributed by atoms with Gasteiger partial charge in [0.05, 0.1) is 18.4 Å². The maximum Gasteiger partial charge on any atom is 0.250 e. The van der Waals surface area contributed by atoms with E-state index in [1.165, 1.54) is 0 Å². The predicted octanol–water partition coefficient (Wildman–Crippen LogP) is 0.959. The van der Waals surface area contributed by atoms with Gasteiger partial charge in [0.1, 0.15) is 0 Å². The Hall–Kier alpha value is -0.990. The molecule has 2 aliphatic rings. The SMILES string of the molecule is CC1(NC(=O)C2=COCC2)CC1. The minimum Gasteiger partial charge on any atom is -0.500 e. The molecule has 0 atom stereocenters. The van der Waals surface area contributed by atoms with Crippen LogP contribution in [0.1, 0.15) is 26.2 Å². The van der Waals surface area contributed by atoms with Gasteiger partial charge in [-0.1, -0.05) is 0 Å². The first kappa shape index (κ1) is 7.65. The van der Waals surface area contributed by atoms with Gasteiger partial charge in [-0.2, -0.15) is 0 Å². The van der Waals surface area contributed by atoms with E-state index in [0.29, 0.717) is 6.61 Å². The molecular weight excluding hydrogens is 154 g/mol. The van der Waals surface area contributed by atoms with Crippen LogP contribution in [0.4, 0.5) is 0 Å². The predicted molar refractivity (Wildman–Crippen MR) is 44.4 cm³/mol.